The minimum Gasteiger partial charge on any atom is -0.508 e. The zero-order valence-corrected chi connectivity index (χ0v) is 13.3. The monoisotopic (exact) mass is 316 g/mol. The molecule has 1 heterocycles. The van der Waals surface area contributed by atoms with Gasteiger partial charge in [0, 0.05) is 36.0 Å². The Labute approximate surface area is 135 Å². The first-order chi connectivity index (χ1) is 11.0. The quantitative estimate of drug-likeness (QED) is 0.907. The van der Waals surface area contributed by atoms with Gasteiger partial charge in [0.15, 0.2) is 0 Å². The molecule has 1 amide bonds. The van der Waals surface area contributed by atoms with Crippen molar-refractivity contribution in [2.45, 2.75) is 32.7 Å². The number of aromatic hydroxyl groups is 1. The van der Waals surface area contributed by atoms with Crippen LogP contribution in [0.25, 0.3) is 0 Å². The molecule has 1 fully saturated rings. The van der Waals surface area contributed by atoms with Crippen molar-refractivity contribution in [3.05, 3.63) is 41.2 Å². The summed E-state index contributed by atoms with van der Waals surface area (Å²) in [6.45, 7) is 3.15. The molecule has 0 spiro atoms. The second-order valence-corrected chi connectivity index (χ2v) is 6.39. The number of phenols is 1. The highest BCUT2D eigenvalue weighted by atomic mass is 19.1. The maximum atomic E-state index is 14.0. The molecule has 23 heavy (non-hydrogen) atoms. The Hall–Kier alpha value is -2.17. The number of carbonyl (C=O) groups excluding carboxylic acids is 1. The van der Waals surface area contributed by atoms with Crippen LogP contribution in [0.3, 0.4) is 0 Å². The van der Waals surface area contributed by atoms with Crippen LogP contribution in [0.4, 0.5) is 4.39 Å². The molecule has 0 saturated heterocycles. The van der Waals surface area contributed by atoms with Gasteiger partial charge in [-0.3, -0.25) is 9.79 Å². The minimum absolute atomic E-state index is 0.0648. The van der Waals surface area contributed by atoms with Crippen molar-refractivity contribution in [1.82, 2.24) is 4.90 Å². The molecular formula is C18H21FN2O2. The molecular weight excluding hydrogens is 295 g/mol. The standard InChI is InChI=1S/C18H21FN2O2/c1-12-7-15(9-20-12)18(23)21(10-13-3-2-4-13)11-14-5-6-16(22)8-17(14)19/h5-8,13,22H,2-4,9-11H2,1H3. The van der Waals surface area contributed by atoms with Crippen LogP contribution in [-0.2, 0) is 11.3 Å². The fourth-order valence-corrected chi connectivity index (χ4v) is 2.96. The molecule has 0 aromatic heterocycles. The number of aliphatic imine (C=N–C) groups is 1. The molecule has 1 aromatic rings. The molecule has 2 aliphatic rings. The summed E-state index contributed by atoms with van der Waals surface area (Å²) in [7, 11) is 0. The summed E-state index contributed by atoms with van der Waals surface area (Å²) in [6.07, 6.45) is 5.25. The summed E-state index contributed by atoms with van der Waals surface area (Å²) in [4.78, 5) is 18.7. The molecule has 1 aliphatic heterocycles. The van der Waals surface area contributed by atoms with E-state index in [4.69, 9.17) is 0 Å². The van der Waals surface area contributed by atoms with Crippen LogP contribution in [0.15, 0.2) is 34.8 Å². The summed E-state index contributed by atoms with van der Waals surface area (Å²) in [6, 6.07) is 4.08. The van der Waals surface area contributed by atoms with E-state index in [1.54, 1.807) is 4.90 Å². The normalized spacial score (nSPS) is 17.5. The molecule has 122 valence electrons. The Morgan fingerprint density at radius 1 is 1.43 bits per heavy atom. The van der Waals surface area contributed by atoms with Crippen molar-refractivity contribution in [2.75, 3.05) is 13.1 Å². The third-order valence-corrected chi connectivity index (χ3v) is 4.55. The summed E-state index contributed by atoms with van der Waals surface area (Å²) >= 11 is 0. The number of hydrogen-bond acceptors (Lipinski definition) is 3. The van der Waals surface area contributed by atoms with Crippen molar-refractivity contribution < 1.29 is 14.3 Å². The van der Waals surface area contributed by atoms with Gasteiger partial charge < -0.3 is 10.0 Å². The van der Waals surface area contributed by atoms with Crippen LogP contribution in [0.1, 0.15) is 31.7 Å². The largest absolute Gasteiger partial charge is 0.508 e. The van der Waals surface area contributed by atoms with Crippen LogP contribution in [0.2, 0.25) is 0 Å². The van der Waals surface area contributed by atoms with Crippen molar-refractivity contribution in [1.29, 1.82) is 0 Å². The topological polar surface area (TPSA) is 52.9 Å². The van der Waals surface area contributed by atoms with Gasteiger partial charge in [0.1, 0.15) is 11.6 Å². The van der Waals surface area contributed by atoms with Gasteiger partial charge >= 0.3 is 0 Å². The number of halogens is 1. The lowest BCUT2D eigenvalue weighted by molar-refractivity contribution is -0.128. The first-order valence-corrected chi connectivity index (χ1v) is 8.01. The van der Waals surface area contributed by atoms with Crippen LogP contribution in [0.5, 0.6) is 5.75 Å². The van der Waals surface area contributed by atoms with E-state index in [9.17, 15) is 14.3 Å². The molecule has 0 unspecified atom stereocenters. The van der Waals surface area contributed by atoms with Gasteiger partial charge in [0.05, 0.1) is 6.54 Å². The van der Waals surface area contributed by atoms with Crippen molar-refractivity contribution in [3.63, 3.8) is 0 Å². The third-order valence-electron chi connectivity index (χ3n) is 4.55. The summed E-state index contributed by atoms with van der Waals surface area (Å²) in [5.41, 5.74) is 1.94. The van der Waals surface area contributed by atoms with Gasteiger partial charge in [-0.2, -0.15) is 0 Å². The Kier molecular flexibility index (Phi) is 4.46. The fraction of sp³-hybridized carbons (Fsp3) is 0.444. The van der Waals surface area contributed by atoms with Gasteiger partial charge in [0.25, 0.3) is 5.91 Å². The average molecular weight is 316 g/mol. The van der Waals surface area contributed by atoms with Crippen LogP contribution in [0, 0.1) is 11.7 Å². The molecule has 0 atom stereocenters. The molecule has 0 radical (unpaired) electrons. The maximum Gasteiger partial charge on any atom is 0.252 e. The number of phenolic OH excluding ortho intramolecular Hbond substituents is 1. The third kappa shape index (κ3) is 3.60. The Balaban J connectivity index is 1.77. The van der Waals surface area contributed by atoms with E-state index in [-0.39, 0.29) is 18.2 Å². The lowest BCUT2D eigenvalue weighted by Gasteiger charge is -2.32. The fourth-order valence-electron chi connectivity index (χ4n) is 2.96. The molecule has 1 aromatic carbocycles. The second-order valence-electron chi connectivity index (χ2n) is 6.39. The second kappa shape index (κ2) is 6.52. The molecule has 0 bridgehead atoms. The SMILES string of the molecule is CC1=NCC(C(=O)N(Cc2ccc(O)cc2F)CC2CCC2)=C1. The Morgan fingerprint density at radius 2 is 2.22 bits per heavy atom. The van der Waals surface area contributed by atoms with Crippen molar-refractivity contribution in [2.24, 2.45) is 10.9 Å². The van der Waals surface area contributed by atoms with E-state index in [1.165, 1.54) is 18.6 Å². The molecule has 5 heteroatoms. The highest BCUT2D eigenvalue weighted by molar-refractivity contribution is 6.06. The summed E-state index contributed by atoms with van der Waals surface area (Å²) in [5, 5.41) is 9.33. The minimum atomic E-state index is -0.482. The number of allylic oxidation sites excluding steroid dienone is 1. The highest BCUT2D eigenvalue weighted by Crippen LogP contribution is 2.29. The Bertz CT molecular complexity index is 678. The van der Waals surface area contributed by atoms with Crippen LogP contribution in [-0.4, -0.2) is 34.7 Å². The van der Waals surface area contributed by atoms with E-state index in [0.717, 1.165) is 24.6 Å². The van der Waals surface area contributed by atoms with Gasteiger partial charge in [-0.05, 0) is 37.8 Å². The predicted molar refractivity (Wildman–Crippen MR) is 86.9 cm³/mol. The van der Waals surface area contributed by atoms with Gasteiger partial charge in [-0.25, -0.2) is 4.39 Å². The average Bonchev–Trinajstić information content (AvgIpc) is 2.89. The Morgan fingerprint density at radius 3 is 2.78 bits per heavy atom. The van der Waals surface area contributed by atoms with Gasteiger partial charge in [-0.1, -0.05) is 12.5 Å². The predicted octanol–water partition coefficient (Wildman–Crippen LogP) is 3.06. The lowest BCUT2D eigenvalue weighted by atomic mass is 9.85. The van der Waals surface area contributed by atoms with E-state index < -0.39 is 5.82 Å². The summed E-state index contributed by atoms with van der Waals surface area (Å²) in [5.74, 6) is -0.150. The number of hydrogen-bond donors (Lipinski definition) is 1. The van der Waals surface area contributed by atoms with Crippen molar-refractivity contribution >= 4 is 11.6 Å². The molecule has 1 aliphatic carbocycles. The van der Waals surface area contributed by atoms with E-state index >= 15 is 0 Å². The number of amides is 1. The van der Waals surface area contributed by atoms with E-state index in [1.807, 2.05) is 13.0 Å². The number of carbonyl (C=O) groups is 1. The van der Waals surface area contributed by atoms with Crippen molar-refractivity contribution in [3.8, 4) is 5.75 Å². The number of benzene rings is 1. The maximum absolute atomic E-state index is 14.0. The van der Waals surface area contributed by atoms with Gasteiger partial charge in [-0.15, -0.1) is 0 Å². The van der Waals surface area contributed by atoms with Crippen LogP contribution >= 0.6 is 0 Å². The van der Waals surface area contributed by atoms with Gasteiger partial charge in [0.2, 0.25) is 0 Å². The molecule has 1 saturated carbocycles. The number of rotatable bonds is 5. The summed E-state index contributed by atoms with van der Waals surface area (Å²) < 4.78 is 14.0. The molecule has 3 rings (SSSR count). The first kappa shape index (κ1) is 15.7. The smallest absolute Gasteiger partial charge is 0.252 e. The van der Waals surface area contributed by atoms with E-state index in [0.29, 0.717) is 30.1 Å². The first-order valence-electron chi connectivity index (χ1n) is 8.01. The van der Waals surface area contributed by atoms with Crippen LogP contribution < -0.4 is 0 Å². The zero-order chi connectivity index (χ0) is 16.4. The highest BCUT2D eigenvalue weighted by Gasteiger charge is 2.27. The molecule has 4 nitrogen and oxygen atoms in total. The number of nitrogens with zero attached hydrogens (tertiary/aromatic N) is 2. The lowest BCUT2D eigenvalue weighted by Crippen LogP contribution is -2.38. The molecule has 1 N–H and O–H groups in total. The van der Waals surface area contributed by atoms with E-state index in [2.05, 4.69) is 4.99 Å². The zero-order valence-electron chi connectivity index (χ0n) is 13.3.